The molecule has 26 heavy (non-hydrogen) atoms. The summed E-state index contributed by atoms with van der Waals surface area (Å²) in [7, 11) is -3.33. The predicted molar refractivity (Wildman–Crippen MR) is 92.9 cm³/mol. The molecule has 1 amide bonds. The van der Waals surface area contributed by atoms with Gasteiger partial charge in [-0.15, -0.1) is 0 Å². The van der Waals surface area contributed by atoms with Crippen LogP contribution in [0.1, 0.15) is 18.4 Å². The van der Waals surface area contributed by atoms with Crippen LogP contribution in [0.3, 0.4) is 0 Å². The van der Waals surface area contributed by atoms with Crippen LogP contribution in [0.5, 0.6) is 0 Å². The molecule has 2 atom stereocenters. The Balaban J connectivity index is 1.80. The maximum atomic E-state index is 13.5. The second-order valence-electron chi connectivity index (χ2n) is 6.69. The molecule has 1 aromatic rings. The molecule has 0 unspecified atom stereocenters. The lowest BCUT2D eigenvalue weighted by Gasteiger charge is -2.27. The fraction of sp³-hybridized carbons (Fsp3) is 0.500. The number of benzene rings is 1. The van der Waals surface area contributed by atoms with Crippen LogP contribution in [0.4, 0.5) is 18.9 Å². The van der Waals surface area contributed by atoms with Gasteiger partial charge in [0.1, 0.15) is 0 Å². The maximum absolute atomic E-state index is 13.5. The number of alkyl halides is 3. The number of para-hydroxylation sites is 1. The zero-order valence-electron chi connectivity index (χ0n) is 13.4. The van der Waals surface area contributed by atoms with Crippen LogP contribution in [0.15, 0.2) is 29.3 Å². The molecule has 0 bridgehead atoms. The number of hydrogen-bond acceptors (Lipinski definition) is 4. The number of aliphatic imine (C=N–C) groups is 1. The number of thioether (sulfide) groups is 1. The molecule has 2 saturated heterocycles. The van der Waals surface area contributed by atoms with Crippen molar-refractivity contribution in [3.05, 3.63) is 29.8 Å². The third-order valence-electron chi connectivity index (χ3n) is 4.67. The molecule has 0 N–H and O–H groups in total. The average Bonchev–Trinajstić information content (AvgIpc) is 3.27. The van der Waals surface area contributed by atoms with E-state index in [-0.39, 0.29) is 34.2 Å². The highest BCUT2D eigenvalue weighted by Crippen LogP contribution is 2.45. The second kappa shape index (κ2) is 5.98. The van der Waals surface area contributed by atoms with E-state index in [9.17, 15) is 26.4 Å². The number of carbonyl (C=O) groups excluding carboxylic acids is 1. The van der Waals surface area contributed by atoms with E-state index in [1.54, 1.807) is 0 Å². The van der Waals surface area contributed by atoms with Crippen LogP contribution in [-0.4, -0.2) is 42.3 Å². The van der Waals surface area contributed by atoms with Gasteiger partial charge in [-0.3, -0.25) is 4.79 Å². The minimum Gasteiger partial charge on any atom is -0.315 e. The molecule has 0 radical (unpaired) electrons. The number of hydrogen-bond donors (Lipinski definition) is 0. The molecule has 1 aliphatic carbocycles. The van der Waals surface area contributed by atoms with Crippen molar-refractivity contribution < 1.29 is 26.4 Å². The first-order valence-electron chi connectivity index (χ1n) is 8.11. The summed E-state index contributed by atoms with van der Waals surface area (Å²) in [6.45, 7) is 0. The van der Waals surface area contributed by atoms with E-state index in [1.165, 1.54) is 23.1 Å². The molecule has 3 aliphatic rings. The lowest BCUT2D eigenvalue weighted by molar-refractivity contribution is -0.137. The zero-order chi connectivity index (χ0) is 18.7. The Labute approximate surface area is 152 Å². The second-order valence-corrected chi connectivity index (χ2v) is 10.1. The maximum Gasteiger partial charge on any atom is 0.418 e. The summed E-state index contributed by atoms with van der Waals surface area (Å²) < 4.78 is 64.4. The largest absolute Gasteiger partial charge is 0.418 e. The van der Waals surface area contributed by atoms with Gasteiger partial charge in [-0.05, 0) is 25.0 Å². The van der Waals surface area contributed by atoms with E-state index in [2.05, 4.69) is 4.99 Å². The molecule has 5 nitrogen and oxygen atoms in total. The lowest BCUT2D eigenvalue weighted by Crippen LogP contribution is -2.39. The SMILES string of the molecule is O=C(N=C1S[C@@H]2CS(=O)(=O)C[C@@H]2N1c1ccccc1C(F)(F)F)C1CC1. The van der Waals surface area contributed by atoms with Crippen molar-refractivity contribution in [2.45, 2.75) is 30.3 Å². The number of rotatable bonds is 2. The first-order valence-corrected chi connectivity index (χ1v) is 10.8. The summed E-state index contributed by atoms with van der Waals surface area (Å²) in [5.74, 6) is -0.867. The molecule has 0 aromatic heterocycles. The van der Waals surface area contributed by atoms with Gasteiger partial charge in [0.2, 0.25) is 0 Å². The standard InChI is InChI=1S/C16H15F3N2O3S2/c17-16(18,19)10-3-1-2-4-11(10)21-12-7-26(23,24)8-13(12)25-15(21)20-14(22)9-5-6-9/h1-4,9,12-13H,5-8H2/t12-,13+/m0/s1. The van der Waals surface area contributed by atoms with Crippen LogP contribution in [0.25, 0.3) is 0 Å². The van der Waals surface area contributed by atoms with E-state index in [4.69, 9.17) is 0 Å². The number of halogens is 3. The van der Waals surface area contributed by atoms with Crippen molar-refractivity contribution in [1.29, 1.82) is 0 Å². The van der Waals surface area contributed by atoms with E-state index in [0.717, 1.165) is 30.7 Å². The van der Waals surface area contributed by atoms with Gasteiger partial charge in [-0.1, -0.05) is 23.9 Å². The highest BCUT2D eigenvalue weighted by atomic mass is 32.2. The topological polar surface area (TPSA) is 66.8 Å². The Morgan fingerprint density at radius 2 is 1.88 bits per heavy atom. The third kappa shape index (κ3) is 3.24. The molecule has 4 rings (SSSR count). The highest BCUT2D eigenvalue weighted by molar-refractivity contribution is 8.16. The number of amides is 1. The van der Waals surface area contributed by atoms with Gasteiger partial charge in [0, 0.05) is 11.2 Å². The number of nitrogens with zero attached hydrogens (tertiary/aromatic N) is 2. The Bertz CT molecular complexity index is 894. The molecule has 2 aliphatic heterocycles. The van der Waals surface area contributed by atoms with Crippen LogP contribution in [-0.2, 0) is 20.8 Å². The van der Waals surface area contributed by atoms with Crippen molar-refractivity contribution in [1.82, 2.24) is 0 Å². The van der Waals surface area contributed by atoms with Gasteiger partial charge in [0.25, 0.3) is 5.91 Å². The third-order valence-corrected chi connectivity index (χ3v) is 7.88. The van der Waals surface area contributed by atoms with Crippen LogP contribution in [0.2, 0.25) is 0 Å². The average molecular weight is 404 g/mol. The Morgan fingerprint density at radius 3 is 2.54 bits per heavy atom. The van der Waals surface area contributed by atoms with Gasteiger partial charge < -0.3 is 4.90 Å². The molecular weight excluding hydrogens is 389 g/mol. The first kappa shape index (κ1) is 17.8. The van der Waals surface area contributed by atoms with E-state index >= 15 is 0 Å². The summed E-state index contributed by atoms with van der Waals surface area (Å²) in [6.07, 6.45) is -3.12. The Morgan fingerprint density at radius 1 is 1.19 bits per heavy atom. The molecule has 2 heterocycles. The first-order chi connectivity index (χ1) is 12.2. The minimum atomic E-state index is -4.59. The fourth-order valence-electron chi connectivity index (χ4n) is 3.29. The molecule has 1 saturated carbocycles. The van der Waals surface area contributed by atoms with Gasteiger partial charge in [0.05, 0.1) is 28.8 Å². The summed E-state index contributed by atoms with van der Waals surface area (Å²) in [5.41, 5.74) is -1.02. The van der Waals surface area contributed by atoms with Gasteiger partial charge >= 0.3 is 6.18 Å². The van der Waals surface area contributed by atoms with Crippen molar-refractivity contribution in [3.63, 3.8) is 0 Å². The monoisotopic (exact) mass is 404 g/mol. The van der Waals surface area contributed by atoms with Gasteiger partial charge in [-0.25, -0.2) is 8.42 Å². The van der Waals surface area contributed by atoms with Crippen molar-refractivity contribution >= 4 is 38.4 Å². The number of sulfone groups is 1. The molecule has 140 valence electrons. The van der Waals surface area contributed by atoms with Gasteiger partial charge in [0.15, 0.2) is 15.0 Å². The number of anilines is 1. The number of amidine groups is 1. The van der Waals surface area contributed by atoms with Gasteiger partial charge in [-0.2, -0.15) is 18.2 Å². The quantitative estimate of drug-likeness (QED) is 0.758. The summed E-state index contributed by atoms with van der Waals surface area (Å²) >= 11 is 1.09. The Kier molecular flexibility index (Phi) is 4.11. The van der Waals surface area contributed by atoms with Crippen LogP contribution < -0.4 is 4.90 Å². The molecule has 1 aromatic carbocycles. The molecular formula is C16H15F3N2O3S2. The minimum absolute atomic E-state index is 0.121. The highest BCUT2D eigenvalue weighted by Gasteiger charge is 2.51. The van der Waals surface area contributed by atoms with Crippen molar-refractivity contribution in [3.8, 4) is 0 Å². The zero-order valence-corrected chi connectivity index (χ0v) is 15.1. The number of fused-ring (bicyclic) bond motifs is 1. The van der Waals surface area contributed by atoms with E-state index in [0.29, 0.717) is 0 Å². The summed E-state index contributed by atoms with van der Waals surface area (Å²) in [6, 6.07) is 4.35. The van der Waals surface area contributed by atoms with E-state index in [1.807, 2.05) is 0 Å². The van der Waals surface area contributed by atoms with Crippen molar-refractivity contribution in [2.75, 3.05) is 16.4 Å². The Hall–Kier alpha value is -1.55. The summed E-state index contributed by atoms with van der Waals surface area (Å²) in [5, 5.41) is -0.254. The van der Waals surface area contributed by atoms with Crippen molar-refractivity contribution in [2.24, 2.45) is 10.9 Å². The molecule has 10 heteroatoms. The summed E-state index contributed by atoms with van der Waals surface area (Å²) in [4.78, 5) is 17.5. The molecule has 3 fully saturated rings. The van der Waals surface area contributed by atoms with Crippen LogP contribution >= 0.6 is 11.8 Å². The number of carbonyl (C=O) groups is 1. The lowest BCUT2D eigenvalue weighted by atomic mass is 10.1. The van der Waals surface area contributed by atoms with Crippen LogP contribution in [0, 0.1) is 5.92 Å². The smallest absolute Gasteiger partial charge is 0.315 e. The normalized spacial score (nSPS) is 29.2. The molecule has 0 spiro atoms. The fourth-order valence-corrected chi connectivity index (χ4v) is 7.20. The predicted octanol–water partition coefficient (Wildman–Crippen LogP) is 2.72. The van der Waals surface area contributed by atoms with E-state index < -0.39 is 32.9 Å².